The minimum atomic E-state index is -0.432. The van der Waals surface area contributed by atoms with E-state index in [0.29, 0.717) is 17.0 Å². The lowest BCUT2D eigenvalue weighted by molar-refractivity contribution is -0.122. The van der Waals surface area contributed by atoms with Gasteiger partial charge in [0, 0.05) is 31.0 Å². The minimum absolute atomic E-state index is 0.0613. The number of hydrogen-bond donors (Lipinski definition) is 1. The lowest BCUT2D eigenvalue weighted by Gasteiger charge is -2.17. The van der Waals surface area contributed by atoms with Gasteiger partial charge in [-0.3, -0.25) is 4.79 Å². The van der Waals surface area contributed by atoms with Crippen molar-refractivity contribution in [3.8, 4) is 5.75 Å². The SMILES string of the molecule is COC(COc1ccc(C(C)=O)c(N)c1C)OC. The van der Waals surface area contributed by atoms with Crippen LogP contribution < -0.4 is 10.5 Å². The third kappa shape index (κ3) is 3.21. The summed E-state index contributed by atoms with van der Waals surface area (Å²) in [5, 5.41) is 0. The zero-order chi connectivity index (χ0) is 13.7. The maximum absolute atomic E-state index is 11.3. The first-order valence-electron chi connectivity index (χ1n) is 5.59. The summed E-state index contributed by atoms with van der Waals surface area (Å²) in [6.07, 6.45) is -0.432. The summed E-state index contributed by atoms with van der Waals surface area (Å²) in [5.74, 6) is 0.561. The fourth-order valence-electron chi connectivity index (χ4n) is 1.56. The average molecular weight is 253 g/mol. The number of hydrogen-bond acceptors (Lipinski definition) is 5. The molecule has 0 radical (unpaired) electrons. The van der Waals surface area contributed by atoms with Gasteiger partial charge < -0.3 is 19.9 Å². The molecule has 0 aliphatic rings. The number of benzene rings is 1. The number of carbonyl (C=O) groups is 1. The van der Waals surface area contributed by atoms with Crippen molar-refractivity contribution < 1.29 is 19.0 Å². The second-order valence-electron chi connectivity index (χ2n) is 3.92. The monoisotopic (exact) mass is 253 g/mol. The normalized spacial score (nSPS) is 10.7. The summed E-state index contributed by atoms with van der Waals surface area (Å²) in [4.78, 5) is 11.3. The van der Waals surface area contributed by atoms with Gasteiger partial charge in [-0.2, -0.15) is 0 Å². The number of rotatable bonds is 6. The van der Waals surface area contributed by atoms with E-state index in [1.54, 1.807) is 12.1 Å². The fraction of sp³-hybridized carbons (Fsp3) is 0.462. The molecule has 0 heterocycles. The number of ketones is 1. The molecular formula is C13H19NO4. The molecular weight excluding hydrogens is 234 g/mol. The van der Waals surface area contributed by atoms with Crippen molar-refractivity contribution in [2.45, 2.75) is 20.1 Å². The third-order valence-corrected chi connectivity index (χ3v) is 2.75. The molecule has 0 fully saturated rings. The number of anilines is 1. The van der Waals surface area contributed by atoms with Crippen LogP contribution in [0.3, 0.4) is 0 Å². The van der Waals surface area contributed by atoms with Crippen molar-refractivity contribution in [2.24, 2.45) is 0 Å². The van der Waals surface area contributed by atoms with Crippen LogP contribution in [0.1, 0.15) is 22.8 Å². The molecule has 0 aromatic heterocycles. The number of Topliss-reactive ketones (excluding diaryl/α,β-unsaturated/α-hetero) is 1. The summed E-state index contributed by atoms with van der Waals surface area (Å²) < 4.78 is 15.6. The van der Waals surface area contributed by atoms with E-state index in [9.17, 15) is 4.79 Å². The number of nitrogens with two attached hydrogens (primary N) is 1. The Labute approximate surface area is 107 Å². The molecule has 0 saturated carbocycles. The Kier molecular flexibility index (Phi) is 5.12. The van der Waals surface area contributed by atoms with Crippen LogP contribution in [0.15, 0.2) is 12.1 Å². The Bertz CT molecular complexity index is 427. The number of ether oxygens (including phenoxy) is 3. The maximum Gasteiger partial charge on any atom is 0.191 e. The predicted octanol–water partition coefficient (Wildman–Crippen LogP) is 1.78. The largest absolute Gasteiger partial charge is 0.488 e. The Morgan fingerprint density at radius 2 is 1.94 bits per heavy atom. The first-order chi connectivity index (χ1) is 8.51. The highest BCUT2D eigenvalue weighted by molar-refractivity contribution is 6.00. The van der Waals surface area contributed by atoms with Crippen molar-refractivity contribution in [3.05, 3.63) is 23.3 Å². The van der Waals surface area contributed by atoms with Crippen LogP contribution >= 0.6 is 0 Å². The van der Waals surface area contributed by atoms with Crippen LogP contribution in [0, 0.1) is 6.92 Å². The standard InChI is InChI=1S/C13H19NO4/c1-8-11(18-7-12(16-3)17-4)6-5-10(9(2)15)13(8)14/h5-6,12H,7,14H2,1-4H3. The number of nitrogen functional groups attached to an aromatic ring is 1. The molecule has 0 aliphatic carbocycles. The molecule has 1 aromatic carbocycles. The van der Waals surface area contributed by atoms with Crippen molar-refractivity contribution in [2.75, 3.05) is 26.6 Å². The van der Waals surface area contributed by atoms with Gasteiger partial charge >= 0.3 is 0 Å². The van der Waals surface area contributed by atoms with E-state index in [2.05, 4.69) is 0 Å². The summed E-state index contributed by atoms with van der Waals surface area (Å²) in [6.45, 7) is 3.55. The molecule has 1 rings (SSSR count). The topological polar surface area (TPSA) is 70.8 Å². The molecule has 5 heteroatoms. The molecule has 0 amide bonds. The van der Waals surface area contributed by atoms with Gasteiger partial charge in [0.1, 0.15) is 12.4 Å². The van der Waals surface area contributed by atoms with Crippen LogP contribution in [0.5, 0.6) is 5.75 Å². The van der Waals surface area contributed by atoms with Crippen LogP contribution in [0.2, 0.25) is 0 Å². The van der Waals surface area contributed by atoms with Crippen LogP contribution in [0.25, 0.3) is 0 Å². The van der Waals surface area contributed by atoms with Gasteiger partial charge in [-0.15, -0.1) is 0 Å². The molecule has 0 spiro atoms. The molecule has 0 bridgehead atoms. The van der Waals surface area contributed by atoms with E-state index in [4.69, 9.17) is 19.9 Å². The molecule has 0 atom stereocenters. The Balaban J connectivity index is 2.86. The van der Waals surface area contributed by atoms with Gasteiger partial charge in [-0.25, -0.2) is 0 Å². The Morgan fingerprint density at radius 3 is 2.44 bits per heavy atom. The Morgan fingerprint density at radius 1 is 1.33 bits per heavy atom. The van der Waals surface area contributed by atoms with E-state index < -0.39 is 6.29 Å². The van der Waals surface area contributed by atoms with E-state index >= 15 is 0 Å². The van der Waals surface area contributed by atoms with Gasteiger partial charge in [0.2, 0.25) is 0 Å². The lowest BCUT2D eigenvalue weighted by atomic mass is 10.0. The molecule has 2 N–H and O–H groups in total. The zero-order valence-electron chi connectivity index (χ0n) is 11.1. The number of carbonyl (C=O) groups excluding carboxylic acids is 1. The fourth-order valence-corrected chi connectivity index (χ4v) is 1.56. The average Bonchev–Trinajstić information content (AvgIpc) is 2.35. The van der Waals surface area contributed by atoms with E-state index in [-0.39, 0.29) is 12.4 Å². The highest BCUT2D eigenvalue weighted by Gasteiger charge is 2.13. The predicted molar refractivity (Wildman–Crippen MR) is 68.9 cm³/mol. The molecule has 0 saturated heterocycles. The minimum Gasteiger partial charge on any atom is -0.488 e. The zero-order valence-corrected chi connectivity index (χ0v) is 11.1. The third-order valence-electron chi connectivity index (χ3n) is 2.75. The number of methoxy groups -OCH3 is 2. The molecule has 100 valence electrons. The molecule has 0 unspecified atom stereocenters. The second-order valence-corrected chi connectivity index (χ2v) is 3.92. The summed E-state index contributed by atoms with van der Waals surface area (Å²) in [5.41, 5.74) is 7.60. The van der Waals surface area contributed by atoms with Gasteiger partial charge in [-0.05, 0) is 26.0 Å². The van der Waals surface area contributed by atoms with Crippen LogP contribution in [-0.2, 0) is 9.47 Å². The first-order valence-corrected chi connectivity index (χ1v) is 5.59. The highest BCUT2D eigenvalue weighted by Crippen LogP contribution is 2.27. The summed E-state index contributed by atoms with van der Waals surface area (Å²) in [6, 6.07) is 3.39. The Hall–Kier alpha value is -1.59. The van der Waals surface area contributed by atoms with Gasteiger partial charge in [-0.1, -0.05) is 0 Å². The van der Waals surface area contributed by atoms with Gasteiger partial charge in [0.05, 0.1) is 0 Å². The lowest BCUT2D eigenvalue weighted by Crippen LogP contribution is -2.22. The van der Waals surface area contributed by atoms with E-state index in [1.165, 1.54) is 21.1 Å². The molecule has 18 heavy (non-hydrogen) atoms. The van der Waals surface area contributed by atoms with Gasteiger partial charge in [0.15, 0.2) is 12.1 Å². The van der Waals surface area contributed by atoms with E-state index in [1.807, 2.05) is 6.92 Å². The van der Waals surface area contributed by atoms with Crippen molar-refractivity contribution in [1.29, 1.82) is 0 Å². The van der Waals surface area contributed by atoms with E-state index in [0.717, 1.165) is 5.56 Å². The molecule has 0 aliphatic heterocycles. The first kappa shape index (κ1) is 14.5. The van der Waals surface area contributed by atoms with Crippen molar-refractivity contribution >= 4 is 11.5 Å². The smallest absolute Gasteiger partial charge is 0.191 e. The summed E-state index contributed by atoms with van der Waals surface area (Å²) >= 11 is 0. The highest BCUT2D eigenvalue weighted by atomic mass is 16.7. The molecule has 1 aromatic rings. The molecule has 5 nitrogen and oxygen atoms in total. The van der Waals surface area contributed by atoms with Crippen molar-refractivity contribution in [3.63, 3.8) is 0 Å². The second kappa shape index (κ2) is 6.37. The van der Waals surface area contributed by atoms with Gasteiger partial charge in [0.25, 0.3) is 0 Å². The summed E-state index contributed by atoms with van der Waals surface area (Å²) in [7, 11) is 3.08. The quantitative estimate of drug-likeness (QED) is 0.475. The maximum atomic E-state index is 11.3. The van der Waals surface area contributed by atoms with Crippen molar-refractivity contribution in [1.82, 2.24) is 0 Å². The van der Waals surface area contributed by atoms with Crippen LogP contribution in [0.4, 0.5) is 5.69 Å². The van der Waals surface area contributed by atoms with Crippen LogP contribution in [-0.4, -0.2) is 32.9 Å².